The number of benzene rings is 3. The average molecular weight is 764 g/mol. The van der Waals surface area contributed by atoms with Crippen LogP contribution in [0, 0.1) is 23.6 Å². The summed E-state index contributed by atoms with van der Waals surface area (Å²) in [6.45, 7) is 7.52. The Morgan fingerprint density at radius 1 is 0.750 bits per heavy atom. The molecule has 0 radical (unpaired) electrons. The molecule has 6 aliphatic rings. The van der Waals surface area contributed by atoms with Crippen LogP contribution in [0.2, 0.25) is 0 Å². The minimum Gasteiger partial charge on any atom is -0.508 e. The number of halogens is 1. The van der Waals surface area contributed by atoms with E-state index in [9.17, 15) is 24.3 Å². The number of nitrogens with one attached hydrogen (secondary N) is 1. The Balaban J connectivity index is 0.795. The summed E-state index contributed by atoms with van der Waals surface area (Å²) in [5.74, 6) is -0.270. The van der Waals surface area contributed by atoms with Crippen molar-refractivity contribution in [2.45, 2.75) is 63.3 Å². The lowest BCUT2D eigenvalue weighted by Gasteiger charge is -2.41. The number of rotatable bonds is 7. The molecule has 0 bridgehead atoms. The van der Waals surface area contributed by atoms with Gasteiger partial charge in [0.25, 0.3) is 11.8 Å². The maximum Gasteiger partial charge on any atom is 0.262 e. The van der Waals surface area contributed by atoms with Crippen LogP contribution in [0.25, 0.3) is 0 Å². The first-order chi connectivity index (χ1) is 27.2. The lowest BCUT2D eigenvalue weighted by Crippen LogP contribution is -2.54. The van der Waals surface area contributed by atoms with Crippen LogP contribution in [0.4, 0.5) is 15.8 Å². The second-order valence-electron chi connectivity index (χ2n) is 16.6. The number of aromatic hydroxyl groups is 1. The van der Waals surface area contributed by atoms with Crippen molar-refractivity contribution in [2.75, 3.05) is 68.8 Å². The van der Waals surface area contributed by atoms with Crippen molar-refractivity contribution < 1.29 is 33.4 Å². The van der Waals surface area contributed by atoms with Crippen LogP contribution in [-0.2, 0) is 20.7 Å². The highest BCUT2D eigenvalue weighted by molar-refractivity contribution is 6.23. The van der Waals surface area contributed by atoms with E-state index in [1.54, 1.807) is 24.3 Å². The minimum atomic E-state index is -0.976. The number of carbonyl (C=O) groups is 4. The number of piperidine rings is 2. The summed E-state index contributed by atoms with van der Waals surface area (Å²) in [6, 6.07) is 16.0. The van der Waals surface area contributed by atoms with Gasteiger partial charge in [-0.25, -0.2) is 4.39 Å². The number of aryl methyl sites for hydroxylation is 1. The number of anilines is 2. The molecule has 5 heterocycles. The first-order valence-electron chi connectivity index (χ1n) is 20.5. The zero-order valence-corrected chi connectivity index (χ0v) is 31.8. The Bertz CT molecular complexity index is 2040. The van der Waals surface area contributed by atoms with Crippen molar-refractivity contribution in [1.29, 1.82) is 0 Å². The van der Waals surface area contributed by atoms with Crippen LogP contribution < -0.4 is 15.1 Å². The Morgan fingerprint density at radius 2 is 1.52 bits per heavy atom. The number of hydrogen-bond acceptors (Lipinski definition) is 9. The normalized spacial score (nSPS) is 25.4. The van der Waals surface area contributed by atoms with E-state index in [1.165, 1.54) is 11.1 Å². The number of hydrogen-bond donors (Lipinski definition) is 2. The largest absolute Gasteiger partial charge is 0.508 e. The standard InChI is InChI=1S/C44H50FN5O6/c45-37-24-30(41-33(28-13-21-56-22-14-28)5-1-29-23-32(51)4-7-34(29)41)2-8-38(37)49-15-11-27(12-16-49)26-47-17-19-48(20-18-47)31-3-6-35-36(25-31)44(55)50(43(35)54)39-9-10-40(52)46-42(39)53/h2-4,6-8,23-25,27-28,33,39,41,51H,1,5,9-22,26H2,(H,46,52,53)/t33-,39-,41+/m1/s1. The molecule has 12 heteroatoms. The summed E-state index contributed by atoms with van der Waals surface area (Å²) < 4.78 is 21.8. The van der Waals surface area contributed by atoms with Gasteiger partial charge in [-0.1, -0.05) is 12.1 Å². The van der Waals surface area contributed by atoms with E-state index in [-0.39, 0.29) is 30.3 Å². The number of piperazine rings is 1. The van der Waals surface area contributed by atoms with Crippen molar-refractivity contribution >= 4 is 35.0 Å². The first-order valence-corrected chi connectivity index (χ1v) is 20.5. The third-order valence-electron chi connectivity index (χ3n) is 13.5. The molecule has 56 heavy (non-hydrogen) atoms. The van der Waals surface area contributed by atoms with Crippen molar-refractivity contribution in [1.82, 2.24) is 15.1 Å². The molecule has 9 rings (SSSR count). The lowest BCUT2D eigenvalue weighted by atomic mass is 9.65. The number of carbonyl (C=O) groups excluding carboxylic acids is 4. The number of ether oxygens (including phenoxy) is 1. The average Bonchev–Trinajstić information content (AvgIpc) is 3.46. The molecule has 3 aromatic carbocycles. The van der Waals surface area contributed by atoms with Crippen LogP contribution in [0.15, 0.2) is 54.6 Å². The number of amides is 4. The van der Waals surface area contributed by atoms with Crippen LogP contribution in [0.5, 0.6) is 5.75 Å². The molecule has 4 amide bonds. The van der Waals surface area contributed by atoms with E-state index in [0.29, 0.717) is 34.6 Å². The van der Waals surface area contributed by atoms with Gasteiger partial charge in [0.2, 0.25) is 11.8 Å². The summed E-state index contributed by atoms with van der Waals surface area (Å²) in [6.07, 6.45) is 6.25. The summed E-state index contributed by atoms with van der Waals surface area (Å²) in [5, 5.41) is 12.5. The fourth-order valence-electron chi connectivity index (χ4n) is 10.4. The molecular weight excluding hydrogens is 714 g/mol. The van der Waals surface area contributed by atoms with E-state index < -0.39 is 29.7 Å². The van der Waals surface area contributed by atoms with Gasteiger partial charge >= 0.3 is 0 Å². The fourth-order valence-corrected chi connectivity index (χ4v) is 10.4. The highest BCUT2D eigenvalue weighted by Gasteiger charge is 2.45. The first kappa shape index (κ1) is 36.8. The second-order valence-corrected chi connectivity index (χ2v) is 16.6. The molecule has 5 aliphatic heterocycles. The van der Waals surface area contributed by atoms with E-state index in [1.807, 2.05) is 18.2 Å². The Labute approximate surface area is 326 Å². The van der Waals surface area contributed by atoms with Crippen LogP contribution in [0.1, 0.15) is 88.3 Å². The molecule has 294 valence electrons. The maximum atomic E-state index is 16.1. The van der Waals surface area contributed by atoms with Crippen molar-refractivity contribution in [3.05, 3.63) is 88.2 Å². The molecule has 4 saturated heterocycles. The van der Waals surface area contributed by atoms with Gasteiger partial charge in [0.05, 0.1) is 16.8 Å². The number of imide groups is 2. The summed E-state index contributed by atoms with van der Waals surface area (Å²) in [7, 11) is 0. The van der Waals surface area contributed by atoms with E-state index in [4.69, 9.17) is 4.74 Å². The van der Waals surface area contributed by atoms with Gasteiger partial charge in [0.1, 0.15) is 17.6 Å². The summed E-state index contributed by atoms with van der Waals surface area (Å²) in [5.41, 5.74) is 5.57. The molecule has 0 saturated carbocycles. The minimum absolute atomic E-state index is 0.0907. The molecule has 11 nitrogen and oxygen atoms in total. The number of fused-ring (bicyclic) bond motifs is 2. The predicted molar refractivity (Wildman–Crippen MR) is 208 cm³/mol. The van der Waals surface area contributed by atoms with Crippen molar-refractivity contribution in [3.8, 4) is 5.75 Å². The number of nitrogens with zero attached hydrogens (tertiary/aromatic N) is 4. The third-order valence-corrected chi connectivity index (χ3v) is 13.5. The molecule has 0 unspecified atom stereocenters. The van der Waals surface area contributed by atoms with Crippen molar-refractivity contribution in [3.63, 3.8) is 0 Å². The molecular formula is C44H50FN5O6. The third kappa shape index (κ3) is 6.95. The zero-order valence-electron chi connectivity index (χ0n) is 31.8. The predicted octanol–water partition coefficient (Wildman–Crippen LogP) is 5.09. The number of phenolic OH excluding ortho intramolecular Hbond substituents is 1. The van der Waals surface area contributed by atoms with Gasteiger partial charge in [0, 0.05) is 77.1 Å². The maximum absolute atomic E-state index is 16.1. The highest BCUT2D eigenvalue weighted by Crippen LogP contribution is 2.48. The molecule has 1 aliphatic carbocycles. The molecule has 0 spiro atoms. The smallest absolute Gasteiger partial charge is 0.262 e. The fraction of sp³-hybridized carbons (Fsp3) is 0.500. The van der Waals surface area contributed by atoms with E-state index in [0.717, 1.165) is 114 Å². The summed E-state index contributed by atoms with van der Waals surface area (Å²) in [4.78, 5) is 58.5. The van der Waals surface area contributed by atoms with Crippen LogP contribution >= 0.6 is 0 Å². The SMILES string of the molecule is O=C1CC[C@@H](N2C(=O)c3ccc(N4CCN(CC5CCN(c6ccc([C@@H]7c8ccc(O)cc8CC[C@@H]7C7CCOCC7)cc6F)CC5)CC4)cc3C2=O)C(=O)N1. The molecule has 3 aromatic rings. The van der Waals surface area contributed by atoms with Gasteiger partial charge in [-0.3, -0.25) is 34.3 Å². The lowest BCUT2D eigenvalue weighted by molar-refractivity contribution is -0.136. The number of phenols is 1. The molecule has 3 atom stereocenters. The van der Waals surface area contributed by atoms with Gasteiger partial charge in [-0.2, -0.15) is 0 Å². The van der Waals surface area contributed by atoms with Gasteiger partial charge < -0.3 is 19.6 Å². The molecule has 2 N–H and O–H groups in total. The Hall–Kier alpha value is -4.81. The monoisotopic (exact) mass is 763 g/mol. The van der Waals surface area contributed by atoms with Crippen LogP contribution in [-0.4, -0.2) is 104 Å². The van der Waals surface area contributed by atoms with Gasteiger partial charge in [0.15, 0.2) is 0 Å². The van der Waals surface area contributed by atoms with Gasteiger partial charge in [-0.05, 0) is 122 Å². The Kier molecular flexibility index (Phi) is 10.0. The quantitative estimate of drug-likeness (QED) is 0.317. The topological polar surface area (TPSA) is 123 Å². The van der Waals surface area contributed by atoms with E-state index >= 15 is 4.39 Å². The zero-order chi connectivity index (χ0) is 38.5. The van der Waals surface area contributed by atoms with E-state index in [2.05, 4.69) is 32.1 Å². The van der Waals surface area contributed by atoms with Gasteiger partial charge in [-0.15, -0.1) is 0 Å². The van der Waals surface area contributed by atoms with Crippen LogP contribution in [0.3, 0.4) is 0 Å². The molecule has 4 fully saturated rings. The second kappa shape index (κ2) is 15.3. The Morgan fingerprint density at radius 3 is 2.27 bits per heavy atom. The molecule has 0 aromatic heterocycles. The highest BCUT2D eigenvalue weighted by atomic mass is 19.1. The van der Waals surface area contributed by atoms with Crippen molar-refractivity contribution in [2.24, 2.45) is 17.8 Å². The summed E-state index contributed by atoms with van der Waals surface area (Å²) >= 11 is 0.